The lowest BCUT2D eigenvalue weighted by Gasteiger charge is -2.07. The number of hydrogen-bond donors (Lipinski definition) is 3. The Morgan fingerprint density at radius 1 is 1.39 bits per heavy atom. The number of nitrogens with one attached hydrogen (secondary N) is 1. The molecule has 0 atom stereocenters. The number of carbonyl (C=O) groups excluding carboxylic acids is 1. The van der Waals surface area contributed by atoms with E-state index in [0.29, 0.717) is 28.1 Å². The van der Waals surface area contributed by atoms with Crippen molar-refractivity contribution in [2.75, 3.05) is 7.11 Å². The van der Waals surface area contributed by atoms with Gasteiger partial charge in [0.15, 0.2) is 0 Å². The number of aliphatic hydroxyl groups excluding tert-OH is 1. The van der Waals surface area contributed by atoms with Gasteiger partial charge in [0.25, 0.3) is 5.91 Å². The van der Waals surface area contributed by atoms with Gasteiger partial charge in [0.05, 0.1) is 25.6 Å². The molecule has 0 aliphatic rings. The summed E-state index contributed by atoms with van der Waals surface area (Å²) in [4.78, 5) is 15.9. The Labute approximate surface area is 133 Å². The predicted octanol–water partition coefficient (Wildman–Crippen LogP) is 1.36. The van der Waals surface area contributed by atoms with Crippen molar-refractivity contribution in [2.24, 2.45) is 5.10 Å². The molecule has 3 N–H and O–H groups in total. The van der Waals surface area contributed by atoms with Gasteiger partial charge in [-0.05, 0) is 31.2 Å². The van der Waals surface area contributed by atoms with Gasteiger partial charge in [0, 0.05) is 22.9 Å². The third kappa shape index (κ3) is 3.83. The Bertz CT molecular complexity index is 727. The van der Waals surface area contributed by atoms with Crippen LogP contribution in [0.2, 0.25) is 0 Å². The van der Waals surface area contributed by atoms with Crippen LogP contribution in [0.3, 0.4) is 0 Å². The van der Waals surface area contributed by atoms with Gasteiger partial charge >= 0.3 is 0 Å². The predicted molar refractivity (Wildman–Crippen MR) is 84.6 cm³/mol. The van der Waals surface area contributed by atoms with Crippen LogP contribution in [0.25, 0.3) is 0 Å². The molecule has 120 valence electrons. The highest BCUT2D eigenvalue weighted by molar-refractivity contribution is 5.95. The van der Waals surface area contributed by atoms with Gasteiger partial charge in [0.2, 0.25) is 0 Å². The number of amides is 1. The summed E-state index contributed by atoms with van der Waals surface area (Å²) in [6, 6.07) is 6.55. The normalized spacial score (nSPS) is 10.7. The first-order valence-electron chi connectivity index (χ1n) is 6.82. The molecule has 1 amide bonds. The second kappa shape index (κ2) is 7.37. The number of carbonyl (C=O) groups is 1. The number of ether oxygens (including phenoxy) is 1. The molecule has 0 saturated heterocycles. The third-order valence-corrected chi connectivity index (χ3v) is 3.24. The maximum atomic E-state index is 12.0. The van der Waals surface area contributed by atoms with E-state index in [1.165, 1.54) is 12.4 Å². The molecule has 0 spiro atoms. The summed E-state index contributed by atoms with van der Waals surface area (Å²) in [7, 11) is 1.54. The quantitative estimate of drug-likeness (QED) is 0.571. The minimum absolute atomic E-state index is 0.0843. The highest BCUT2D eigenvalue weighted by atomic mass is 16.5. The van der Waals surface area contributed by atoms with E-state index < -0.39 is 5.91 Å². The van der Waals surface area contributed by atoms with E-state index in [4.69, 9.17) is 4.74 Å². The summed E-state index contributed by atoms with van der Waals surface area (Å²) in [6.45, 7) is 1.33. The molecule has 2 aromatic rings. The van der Waals surface area contributed by atoms with Crippen LogP contribution in [-0.2, 0) is 6.61 Å². The molecule has 1 aromatic heterocycles. The Morgan fingerprint density at radius 2 is 2.09 bits per heavy atom. The molecule has 0 saturated carbocycles. The number of pyridine rings is 1. The number of hydrazone groups is 1. The van der Waals surface area contributed by atoms with Crippen molar-refractivity contribution >= 4 is 12.1 Å². The molecule has 7 heteroatoms. The van der Waals surface area contributed by atoms with Gasteiger partial charge in [-0.25, -0.2) is 5.43 Å². The van der Waals surface area contributed by atoms with Crippen LogP contribution in [-0.4, -0.2) is 34.4 Å². The minimum Gasteiger partial charge on any atom is -0.505 e. The Morgan fingerprint density at radius 3 is 2.70 bits per heavy atom. The highest BCUT2D eigenvalue weighted by Crippen LogP contribution is 2.21. The number of aliphatic hydroxyl groups is 1. The molecule has 0 aliphatic carbocycles. The maximum Gasteiger partial charge on any atom is 0.271 e. The van der Waals surface area contributed by atoms with Crippen LogP contribution in [0.5, 0.6) is 11.5 Å². The average molecular weight is 315 g/mol. The topological polar surface area (TPSA) is 104 Å². The smallest absolute Gasteiger partial charge is 0.271 e. The van der Waals surface area contributed by atoms with E-state index in [0.717, 1.165) is 0 Å². The highest BCUT2D eigenvalue weighted by Gasteiger charge is 2.10. The lowest BCUT2D eigenvalue weighted by atomic mass is 10.1. The third-order valence-electron chi connectivity index (χ3n) is 3.24. The fourth-order valence-corrected chi connectivity index (χ4v) is 1.88. The first-order chi connectivity index (χ1) is 11.1. The number of aromatic nitrogens is 1. The fourth-order valence-electron chi connectivity index (χ4n) is 1.88. The van der Waals surface area contributed by atoms with E-state index in [1.807, 2.05) is 0 Å². The SMILES string of the molecule is COc1ccc(C(=O)N/N=C\c2c(CO)cnc(C)c2O)cc1. The summed E-state index contributed by atoms with van der Waals surface area (Å²) in [6.07, 6.45) is 2.72. The lowest BCUT2D eigenvalue weighted by Crippen LogP contribution is -2.17. The summed E-state index contributed by atoms with van der Waals surface area (Å²) in [5.74, 6) is 0.161. The van der Waals surface area contributed by atoms with Crippen molar-refractivity contribution in [2.45, 2.75) is 13.5 Å². The van der Waals surface area contributed by atoms with E-state index in [2.05, 4.69) is 15.5 Å². The zero-order valence-electron chi connectivity index (χ0n) is 12.8. The van der Waals surface area contributed by atoms with Crippen molar-refractivity contribution in [3.05, 3.63) is 52.8 Å². The summed E-state index contributed by atoms with van der Waals surface area (Å²) < 4.78 is 5.02. The van der Waals surface area contributed by atoms with Crippen molar-refractivity contribution < 1.29 is 19.7 Å². The first kappa shape index (κ1) is 16.4. The zero-order chi connectivity index (χ0) is 16.8. The van der Waals surface area contributed by atoms with E-state index in [1.54, 1.807) is 38.3 Å². The summed E-state index contributed by atoms with van der Waals surface area (Å²) in [5, 5.41) is 23.0. The van der Waals surface area contributed by atoms with Crippen LogP contribution in [0.15, 0.2) is 35.6 Å². The molecule has 1 heterocycles. The molecule has 0 unspecified atom stereocenters. The van der Waals surface area contributed by atoms with Gasteiger partial charge in [-0.2, -0.15) is 5.10 Å². The molecule has 7 nitrogen and oxygen atoms in total. The van der Waals surface area contributed by atoms with Gasteiger partial charge in [-0.1, -0.05) is 0 Å². The number of nitrogens with zero attached hydrogens (tertiary/aromatic N) is 2. The van der Waals surface area contributed by atoms with E-state index >= 15 is 0 Å². The molecule has 0 aliphatic heterocycles. The van der Waals surface area contributed by atoms with Gasteiger partial charge in [0.1, 0.15) is 11.5 Å². The summed E-state index contributed by atoms with van der Waals surface area (Å²) >= 11 is 0. The number of hydrogen-bond acceptors (Lipinski definition) is 6. The molecule has 23 heavy (non-hydrogen) atoms. The number of aromatic hydroxyl groups is 1. The van der Waals surface area contributed by atoms with E-state index in [-0.39, 0.29) is 12.4 Å². The van der Waals surface area contributed by atoms with Crippen molar-refractivity contribution in [1.29, 1.82) is 0 Å². The van der Waals surface area contributed by atoms with Crippen molar-refractivity contribution in [3.63, 3.8) is 0 Å². The second-order valence-electron chi connectivity index (χ2n) is 4.72. The molecular formula is C16H17N3O4. The molecule has 0 fully saturated rings. The van der Waals surface area contributed by atoms with Crippen LogP contribution < -0.4 is 10.2 Å². The standard InChI is InChI=1S/C16H17N3O4/c1-10-15(21)14(12(9-20)7-17-10)8-18-19-16(22)11-3-5-13(23-2)6-4-11/h3-8,20-21H,9H2,1-2H3,(H,19,22)/b18-8-. The molecule has 0 bridgehead atoms. The van der Waals surface area contributed by atoms with E-state index in [9.17, 15) is 15.0 Å². The number of methoxy groups -OCH3 is 1. The number of aryl methyl sites for hydroxylation is 1. The molecule has 2 rings (SSSR count). The second-order valence-corrected chi connectivity index (χ2v) is 4.72. The van der Waals surface area contributed by atoms with Crippen LogP contribution >= 0.6 is 0 Å². The monoisotopic (exact) mass is 315 g/mol. The lowest BCUT2D eigenvalue weighted by molar-refractivity contribution is 0.0955. The van der Waals surface area contributed by atoms with Gasteiger partial charge in [-0.15, -0.1) is 0 Å². The number of benzene rings is 1. The largest absolute Gasteiger partial charge is 0.505 e. The van der Waals surface area contributed by atoms with Crippen LogP contribution in [0.1, 0.15) is 27.2 Å². The Hall–Kier alpha value is -2.93. The number of rotatable bonds is 5. The van der Waals surface area contributed by atoms with Gasteiger partial charge in [-0.3, -0.25) is 9.78 Å². The molecule has 0 radical (unpaired) electrons. The maximum absolute atomic E-state index is 12.0. The van der Waals surface area contributed by atoms with Crippen LogP contribution in [0, 0.1) is 6.92 Å². The van der Waals surface area contributed by atoms with Crippen molar-refractivity contribution in [1.82, 2.24) is 10.4 Å². The zero-order valence-corrected chi connectivity index (χ0v) is 12.8. The first-order valence-corrected chi connectivity index (χ1v) is 6.82. The Kier molecular flexibility index (Phi) is 5.27. The average Bonchev–Trinajstić information content (AvgIpc) is 2.58. The fraction of sp³-hybridized carbons (Fsp3) is 0.188. The summed E-state index contributed by atoms with van der Waals surface area (Å²) in [5.41, 5.74) is 3.91. The van der Waals surface area contributed by atoms with Crippen LogP contribution in [0.4, 0.5) is 0 Å². The Balaban J connectivity index is 2.12. The van der Waals surface area contributed by atoms with Gasteiger partial charge < -0.3 is 14.9 Å². The minimum atomic E-state index is -0.403. The molecular weight excluding hydrogens is 298 g/mol. The molecule has 1 aromatic carbocycles. The van der Waals surface area contributed by atoms with Crippen molar-refractivity contribution in [3.8, 4) is 11.5 Å².